The fourth-order valence-electron chi connectivity index (χ4n) is 1.79. The summed E-state index contributed by atoms with van der Waals surface area (Å²) < 4.78 is 10.3. The number of likely N-dealkylation sites (N-methyl/N-ethyl adjacent to an activating group) is 1. The summed E-state index contributed by atoms with van der Waals surface area (Å²) in [6, 6.07) is 7.47. The molecule has 0 saturated heterocycles. The van der Waals surface area contributed by atoms with Gasteiger partial charge in [-0.3, -0.25) is 4.79 Å². The average Bonchev–Trinajstić information content (AvgIpc) is 2.44. The van der Waals surface area contributed by atoms with Gasteiger partial charge >= 0.3 is 5.97 Å². The summed E-state index contributed by atoms with van der Waals surface area (Å²) in [7, 11) is 3.35. The monoisotopic (exact) mass is 281 g/mol. The van der Waals surface area contributed by atoms with E-state index in [-0.39, 0.29) is 19.0 Å². The van der Waals surface area contributed by atoms with Crippen molar-refractivity contribution in [2.75, 3.05) is 40.5 Å². The van der Waals surface area contributed by atoms with E-state index in [4.69, 9.17) is 9.84 Å². The van der Waals surface area contributed by atoms with Gasteiger partial charge in [0, 0.05) is 13.1 Å². The third-order valence-electron chi connectivity index (χ3n) is 2.91. The van der Waals surface area contributed by atoms with E-state index in [0.29, 0.717) is 13.2 Å². The quantitative estimate of drug-likeness (QED) is 0.542. The Labute approximate surface area is 120 Å². The third kappa shape index (κ3) is 6.54. The Morgan fingerprint density at radius 1 is 1.35 bits per heavy atom. The van der Waals surface area contributed by atoms with Crippen LogP contribution in [0, 0.1) is 0 Å². The highest BCUT2D eigenvalue weighted by molar-refractivity contribution is 5.72. The van der Waals surface area contributed by atoms with Crippen LogP contribution in [0.2, 0.25) is 0 Å². The molecule has 0 atom stereocenters. The van der Waals surface area contributed by atoms with Gasteiger partial charge in [-0.2, -0.15) is 0 Å². The van der Waals surface area contributed by atoms with E-state index in [1.54, 1.807) is 0 Å². The lowest BCUT2D eigenvalue weighted by Crippen LogP contribution is -2.24. The number of ether oxygens (including phenoxy) is 2. The number of benzene rings is 1. The molecule has 5 heteroatoms. The molecule has 0 spiro atoms. The number of rotatable bonds is 9. The van der Waals surface area contributed by atoms with Crippen molar-refractivity contribution < 1.29 is 19.4 Å². The van der Waals surface area contributed by atoms with Crippen molar-refractivity contribution in [1.82, 2.24) is 4.90 Å². The molecule has 112 valence electrons. The second-order valence-electron chi connectivity index (χ2n) is 4.63. The molecule has 0 fully saturated rings. The number of esters is 1. The van der Waals surface area contributed by atoms with Crippen LogP contribution in [0.1, 0.15) is 12.0 Å². The lowest BCUT2D eigenvalue weighted by molar-refractivity contribution is -0.139. The van der Waals surface area contributed by atoms with Crippen LogP contribution in [0.25, 0.3) is 0 Å². The first kappa shape index (κ1) is 16.5. The molecule has 0 amide bonds. The highest BCUT2D eigenvalue weighted by Crippen LogP contribution is 2.14. The Bertz CT molecular complexity index is 409. The van der Waals surface area contributed by atoms with Gasteiger partial charge in [0.25, 0.3) is 0 Å². The Morgan fingerprint density at radius 3 is 2.85 bits per heavy atom. The zero-order chi connectivity index (χ0) is 14.8. The van der Waals surface area contributed by atoms with Gasteiger partial charge in [0.05, 0.1) is 26.7 Å². The molecular weight excluding hydrogens is 258 g/mol. The summed E-state index contributed by atoms with van der Waals surface area (Å²) in [6.45, 7) is 2.33. The van der Waals surface area contributed by atoms with E-state index in [2.05, 4.69) is 9.64 Å². The van der Waals surface area contributed by atoms with Gasteiger partial charge in [-0.15, -0.1) is 0 Å². The number of carbonyl (C=O) groups is 1. The minimum atomic E-state index is -0.257. The highest BCUT2D eigenvalue weighted by Gasteiger charge is 2.04. The third-order valence-corrected chi connectivity index (χ3v) is 2.91. The van der Waals surface area contributed by atoms with E-state index in [1.807, 2.05) is 31.3 Å². The summed E-state index contributed by atoms with van der Waals surface area (Å²) >= 11 is 0. The van der Waals surface area contributed by atoms with Crippen molar-refractivity contribution in [1.29, 1.82) is 0 Å². The zero-order valence-electron chi connectivity index (χ0n) is 12.2. The van der Waals surface area contributed by atoms with Crippen molar-refractivity contribution in [3.05, 3.63) is 29.8 Å². The Morgan fingerprint density at radius 2 is 2.15 bits per heavy atom. The fourth-order valence-corrected chi connectivity index (χ4v) is 1.79. The number of methoxy groups -OCH3 is 1. The van der Waals surface area contributed by atoms with Crippen molar-refractivity contribution >= 4 is 5.97 Å². The maximum atomic E-state index is 11.2. The predicted molar refractivity (Wildman–Crippen MR) is 76.9 cm³/mol. The van der Waals surface area contributed by atoms with Crippen molar-refractivity contribution in [2.45, 2.75) is 12.8 Å². The first-order chi connectivity index (χ1) is 9.65. The molecule has 1 aromatic rings. The summed E-state index contributed by atoms with van der Waals surface area (Å²) in [4.78, 5) is 13.3. The van der Waals surface area contributed by atoms with Crippen molar-refractivity contribution in [3.8, 4) is 5.75 Å². The Hall–Kier alpha value is -1.59. The van der Waals surface area contributed by atoms with E-state index >= 15 is 0 Å². The van der Waals surface area contributed by atoms with Gasteiger partial charge < -0.3 is 19.5 Å². The van der Waals surface area contributed by atoms with Crippen LogP contribution < -0.4 is 4.74 Å². The molecule has 1 aromatic carbocycles. The van der Waals surface area contributed by atoms with Crippen molar-refractivity contribution in [3.63, 3.8) is 0 Å². The molecule has 0 bridgehead atoms. The smallest absolute Gasteiger partial charge is 0.309 e. The molecule has 1 rings (SSSR count). The molecule has 0 aliphatic heterocycles. The van der Waals surface area contributed by atoms with Crippen LogP contribution in [0.4, 0.5) is 0 Å². The maximum Gasteiger partial charge on any atom is 0.309 e. The molecule has 20 heavy (non-hydrogen) atoms. The summed E-state index contributed by atoms with van der Waals surface area (Å²) in [6.07, 6.45) is 1.14. The Balaban J connectivity index is 2.33. The molecule has 5 nitrogen and oxygen atoms in total. The predicted octanol–water partition coefficient (Wildman–Crippen LogP) is 1.10. The molecule has 0 heterocycles. The van der Waals surface area contributed by atoms with Gasteiger partial charge in [0.2, 0.25) is 0 Å². The van der Waals surface area contributed by atoms with Crippen LogP contribution in [0.3, 0.4) is 0 Å². The first-order valence-corrected chi connectivity index (χ1v) is 6.73. The zero-order valence-corrected chi connectivity index (χ0v) is 12.2. The van der Waals surface area contributed by atoms with Gasteiger partial charge in [-0.25, -0.2) is 0 Å². The van der Waals surface area contributed by atoms with E-state index < -0.39 is 0 Å². The molecule has 1 N–H and O–H groups in total. The normalized spacial score (nSPS) is 10.6. The average molecular weight is 281 g/mol. The van der Waals surface area contributed by atoms with Crippen LogP contribution in [0.15, 0.2) is 24.3 Å². The number of aliphatic hydroxyl groups excluding tert-OH is 1. The van der Waals surface area contributed by atoms with Crippen LogP contribution in [-0.4, -0.2) is 56.4 Å². The second-order valence-corrected chi connectivity index (χ2v) is 4.63. The Kier molecular flexibility index (Phi) is 7.69. The van der Waals surface area contributed by atoms with E-state index in [1.165, 1.54) is 7.11 Å². The number of carbonyl (C=O) groups excluding carboxylic acids is 1. The van der Waals surface area contributed by atoms with Crippen LogP contribution in [-0.2, 0) is 16.0 Å². The molecule has 0 aliphatic carbocycles. The van der Waals surface area contributed by atoms with Gasteiger partial charge in [0.15, 0.2) is 0 Å². The minimum Gasteiger partial charge on any atom is -0.494 e. The standard InChI is InChI=1S/C15H23NO4/c1-16(8-9-17)7-4-10-20-14-6-3-5-13(11-14)12-15(18)19-2/h3,5-6,11,17H,4,7-10,12H2,1-2H3. The largest absolute Gasteiger partial charge is 0.494 e. The summed E-state index contributed by atoms with van der Waals surface area (Å²) in [5.41, 5.74) is 0.881. The molecule has 0 radical (unpaired) electrons. The maximum absolute atomic E-state index is 11.2. The van der Waals surface area contributed by atoms with E-state index in [0.717, 1.165) is 24.3 Å². The van der Waals surface area contributed by atoms with Crippen molar-refractivity contribution in [2.24, 2.45) is 0 Å². The fraction of sp³-hybridized carbons (Fsp3) is 0.533. The highest BCUT2D eigenvalue weighted by atomic mass is 16.5. The second kappa shape index (κ2) is 9.34. The SMILES string of the molecule is COC(=O)Cc1cccc(OCCCN(C)CCO)c1. The summed E-state index contributed by atoms with van der Waals surface area (Å²) in [5.74, 6) is 0.504. The lowest BCUT2D eigenvalue weighted by Gasteiger charge is -2.15. The van der Waals surface area contributed by atoms with Gasteiger partial charge in [0.1, 0.15) is 5.75 Å². The molecule has 0 unspecified atom stereocenters. The number of hydrogen-bond acceptors (Lipinski definition) is 5. The molecular formula is C15H23NO4. The van der Waals surface area contributed by atoms with Gasteiger partial charge in [-0.1, -0.05) is 12.1 Å². The van der Waals surface area contributed by atoms with Gasteiger partial charge in [-0.05, 0) is 31.2 Å². The lowest BCUT2D eigenvalue weighted by atomic mass is 10.1. The molecule has 0 aromatic heterocycles. The topological polar surface area (TPSA) is 59.0 Å². The number of nitrogens with zero attached hydrogens (tertiary/aromatic N) is 1. The number of hydrogen-bond donors (Lipinski definition) is 1. The van der Waals surface area contributed by atoms with E-state index in [9.17, 15) is 4.79 Å². The molecule has 0 aliphatic rings. The minimum absolute atomic E-state index is 0.174. The van der Waals surface area contributed by atoms with Crippen LogP contribution >= 0.6 is 0 Å². The summed E-state index contributed by atoms with van der Waals surface area (Å²) in [5, 5.41) is 8.78. The first-order valence-electron chi connectivity index (χ1n) is 6.73. The number of aliphatic hydroxyl groups is 1. The van der Waals surface area contributed by atoms with Crippen LogP contribution in [0.5, 0.6) is 5.75 Å². The molecule has 0 saturated carbocycles.